The van der Waals surface area contributed by atoms with Gasteiger partial charge in [0, 0.05) is 6.20 Å². The fraction of sp³-hybridized carbons (Fsp3) is 0.235. The van der Waals surface area contributed by atoms with Crippen molar-refractivity contribution in [2.45, 2.75) is 25.9 Å². The number of carbonyl (C=O) groups excluding carboxylic acids is 2. The van der Waals surface area contributed by atoms with Crippen LogP contribution in [0, 0.1) is 6.92 Å². The number of rotatable bonds is 3. The van der Waals surface area contributed by atoms with Gasteiger partial charge in [-0.05, 0) is 31.5 Å². The highest BCUT2D eigenvalue weighted by molar-refractivity contribution is 6.06. The van der Waals surface area contributed by atoms with Gasteiger partial charge in [-0.1, -0.05) is 35.9 Å². The van der Waals surface area contributed by atoms with Crippen LogP contribution in [0.2, 0.25) is 0 Å². The van der Waals surface area contributed by atoms with Gasteiger partial charge in [0.2, 0.25) is 0 Å². The van der Waals surface area contributed by atoms with E-state index in [0.29, 0.717) is 5.69 Å². The molecule has 0 saturated carbocycles. The van der Waals surface area contributed by atoms with E-state index < -0.39 is 11.6 Å². The van der Waals surface area contributed by atoms with Crippen LogP contribution in [0.1, 0.15) is 23.7 Å². The van der Waals surface area contributed by atoms with E-state index in [1.54, 1.807) is 31.3 Å². The molecule has 2 heterocycles. The first-order chi connectivity index (χ1) is 10.5. The Bertz CT molecular complexity index is 712. The molecule has 1 aromatic heterocycles. The molecule has 0 aliphatic carbocycles. The number of carbonyl (C=O) groups is 2. The van der Waals surface area contributed by atoms with Gasteiger partial charge in [-0.2, -0.15) is 0 Å². The summed E-state index contributed by atoms with van der Waals surface area (Å²) >= 11 is 0. The molecule has 1 aliphatic rings. The molecule has 1 N–H and O–H groups in total. The van der Waals surface area contributed by atoms with Crippen LogP contribution in [0.3, 0.4) is 0 Å². The van der Waals surface area contributed by atoms with Crippen LogP contribution in [0.25, 0.3) is 0 Å². The van der Waals surface area contributed by atoms with Gasteiger partial charge in [0.25, 0.3) is 5.91 Å². The minimum absolute atomic E-state index is 0.257. The lowest BCUT2D eigenvalue weighted by Gasteiger charge is -2.20. The van der Waals surface area contributed by atoms with Crippen molar-refractivity contribution < 1.29 is 9.59 Å². The number of hydrogen-bond acceptors (Lipinski definition) is 3. The number of nitrogens with one attached hydrogen (secondary N) is 1. The molecule has 1 atom stereocenters. The molecule has 5 nitrogen and oxygen atoms in total. The van der Waals surface area contributed by atoms with E-state index in [4.69, 9.17) is 0 Å². The lowest BCUT2D eigenvalue weighted by molar-refractivity contribution is -0.131. The average Bonchev–Trinajstić information content (AvgIpc) is 2.75. The highest BCUT2D eigenvalue weighted by atomic mass is 16.2. The Labute approximate surface area is 129 Å². The molecule has 22 heavy (non-hydrogen) atoms. The fourth-order valence-corrected chi connectivity index (χ4v) is 2.55. The van der Waals surface area contributed by atoms with Gasteiger partial charge >= 0.3 is 6.03 Å². The number of aryl methyl sites for hydroxylation is 1. The average molecular weight is 295 g/mol. The number of nitrogens with zero attached hydrogens (tertiary/aromatic N) is 2. The van der Waals surface area contributed by atoms with E-state index in [1.807, 2.05) is 31.2 Å². The first-order valence-electron chi connectivity index (χ1n) is 7.12. The van der Waals surface area contributed by atoms with Gasteiger partial charge in [0.1, 0.15) is 0 Å². The van der Waals surface area contributed by atoms with Gasteiger partial charge in [0.05, 0.1) is 12.2 Å². The zero-order valence-corrected chi connectivity index (χ0v) is 12.5. The monoisotopic (exact) mass is 295 g/mol. The second-order valence-corrected chi connectivity index (χ2v) is 5.65. The topological polar surface area (TPSA) is 62.3 Å². The normalized spacial score (nSPS) is 21.1. The molecule has 112 valence electrons. The number of amides is 3. The molecule has 1 fully saturated rings. The van der Waals surface area contributed by atoms with Gasteiger partial charge in [-0.3, -0.25) is 14.7 Å². The molecule has 0 radical (unpaired) electrons. The molecule has 0 bridgehead atoms. The predicted molar refractivity (Wildman–Crippen MR) is 81.8 cm³/mol. The lowest BCUT2D eigenvalue weighted by atomic mass is 9.97. The third-order valence-electron chi connectivity index (χ3n) is 3.91. The minimum atomic E-state index is -1.11. The van der Waals surface area contributed by atoms with Crippen molar-refractivity contribution in [2.24, 2.45) is 0 Å². The number of pyridine rings is 1. The lowest BCUT2D eigenvalue weighted by Crippen LogP contribution is -2.41. The van der Waals surface area contributed by atoms with Crippen LogP contribution in [-0.2, 0) is 16.9 Å². The zero-order chi connectivity index (χ0) is 15.7. The van der Waals surface area contributed by atoms with Crippen molar-refractivity contribution in [1.29, 1.82) is 0 Å². The number of benzene rings is 1. The van der Waals surface area contributed by atoms with E-state index in [9.17, 15) is 9.59 Å². The Balaban J connectivity index is 1.87. The van der Waals surface area contributed by atoms with Gasteiger partial charge < -0.3 is 5.32 Å². The Kier molecular flexibility index (Phi) is 3.41. The first-order valence-corrected chi connectivity index (χ1v) is 7.12. The standard InChI is InChI=1S/C17H17N3O2/c1-12-6-8-13(9-7-12)11-20-15(21)17(2,19-16(20)22)14-5-3-4-10-18-14/h3-10H,11H2,1-2H3,(H,19,22)/t17-/m1/s1. The molecule has 1 aromatic carbocycles. The molecule has 0 spiro atoms. The molecule has 2 aromatic rings. The van der Waals surface area contributed by atoms with Crippen LogP contribution < -0.4 is 5.32 Å². The molecule has 1 aliphatic heterocycles. The number of urea groups is 1. The van der Waals surface area contributed by atoms with Crippen molar-refractivity contribution in [2.75, 3.05) is 0 Å². The minimum Gasteiger partial charge on any atom is -0.318 e. The van der Waals surface area contributed by atoms with Crippen molar-refractivity contribution in [1.82, 2.24) is 15.2 Å². The van der Waals surface area contributed by atoms with Crippen LogP contribution in [0.4, 0.5) is 4.79 Å². The van der Waals surface area contributed by atoms with Crippen LogP contribution >= 0.6 is 0 Å². The van der Waals surface area contributed by atoms with E-state index in [-0.39, 0.29) is 12.5 Å². The maximum atomic E-state index is 12.7. The molecule has 5 heteroatoms. The first kappa shape index (κ1) is 14.3. The third-order valence-corrected chi connectivity index (χ3v) is 3.91. The van der Waals surface area contributed by atoms with Gasteiger partial charge in [-0.15, -0.1) is 0 Å². The summed E-state index contributed by atoms with van der Waals surface area (Å²) in [6.45, 7) is 3.94. The largest absolute Gasteiger partial charge is 0.325 e. The Morgan fingerprint density at radius 2 is 1.86 bits per heavy atom. The quantitative estimate of drug-likeness (QED) is 0.884. The van der Waals surface area contributed by atoms with Crippen LogP contribution in [0.5, 0.6) is 0 Å². The number of aromatic nitrogens is 1. The Morgan fingerprint density at radius 1 is 1.14 bits per heavy atom. The summed E-state index contributed by atoms with van der Waals surface area (Å²) in [7, 11) is 0. The summed E-state index contributed by atoms with van der Waals surface area (Å²) in [4.78, 5) is 30.4. The summed E-state index contributed by atoms with van der Waals surface area (Å²) in [5, 5.41) is 2.75. The molecule has 0 unspecified atom stereocenters. The summed E-state index contributed by atoms with van der Waals surface area (Å²) in [5.41, 5.74) is 1.49. The highest BCUT2D eigenvalue weighted by Gasteiger charge is 2.49. The third kappa shape index (κ3) is 2.35. The summed E-state index contributed by atoms with van der Waals surface area (Å²) in [6, 6.07) is 12.7. The summed E-state index contributed by atoms with van der Waals surface area (Å²) in [5.74, 6) is -0.281. The second-order valence-electron chi connectivity index (χ2n) is 5.65. The summed E-state index contributed by atoms with van der Waals surface area (Å²) < 4.78 is 0. The molecule has 1 saturated heterocycles. The van der Waals surface area contributed by atoms with E-state index in [1.165, 1.54) is 4.90 Å². The molecular formula is C17H17N3O2. The van der Waals surface area contributed by atoms with E-state index >= 15 is 0 Å². The second kappa shape index (κ2) is 5.26. The van der Waals surface area contributed by atoms with Crippen molar-refractivity contribution in [3.05, 3.63) is 65.5 Å². The molecular weight excluding hydrogens is 278 g/mol. The maximum absolute atomic E-state index is 12.7. The number of imide groups is 1. The number of hydrogen-bond donors (Lipinski definition) is 1. The van der Waals surface area contributed by atoms with E-state index in [2.05, 4.69) is 10.3 Å². The van der Waals surface area contributed by atoms with Crippen LogP contribution in [-0.4, -0.2) is 21.8 Å². The van der Waals surface area contributed by atoms with E-state index in [0.717, 1.165) is 11.1 Å². The van der Waals surface area contributed by atoms with Crippen molar-refractivity contribution >= 4 is 11.9 Å². The predicted octanol–water partition coefficient (Wildman–Crippen LogP) is 2.36. The van der Waals surface area contributed by atoms with Crippen molar-refractivity contribution in [3.63, 3.8) is 0 Å². The van der Waals surface area contributed by atoms with Gasteiger partial charge in [-0.25, -0.2) is 4.79 Å². The summed E-state index contributed by atoms with van der Waals surface area (Å²) in [6.07, 6.45) is 1.61. The zero-order valence-electron chi connectivity index (χ0n) is 12.5. The molecule has 3 amide bonds. The Morgan fingerprint density at radius 3 is 2.50 bits per heavy atom. The highest BCUT2D eigenvalue weighted by Crippen LogP contribution is 2.28. The SMILES string of the molecule is Cc1ccc(CN2C(=O)N[C@](C)(c3ccccn3)C2=O)cc1. The van der Waals surface area contributed by atoms with Crippen LogP contribution in [0.15, 0.2) is 48.7 Å². The van der Waals surface area contributed by atoms with Gasteiger partial charge in [0.15, 0.2) is 5.54 Å². The molecule has 3 rings (SSSR count). The maximum Gasteiger partial charge on any atom is 0.325 e. The van der Waals surface area contributed by atoms with Crippen molar-refractivity contribution in [3.8, 4) is 0 Å². The Hall–Kier alpha value is -2.69. The fourth-order valence-electron chi connectivity index (χ4n) is 2.55. The smallest absolute Gasteiger partial charge is 0.318 e.